The summed E-state index contributed by atoms with van der Waals surface area (Å²) in [7, 11) is 0. The monoisotopic (exact) mass is 472 g/mol. The van der Waals surface area contributed by atoms with Crippen LogP contribution in [0.4, 0.5) is 10.6 Å². The van der Waals surface area contributed by atoms with E-state index < -0.39 is 17.7 Å². The Hall–Kier alpha value is -2.45. The maximum atomic E-state index is 13.3. The molecule has 8 nitrogen and oxygen atoms in total. The molecule has 188 valence electrons. The molecule has 0 bridgehead atoms. The lowest BCUT2D eigenvalue weighted by molar-refractivity contribution is -0.131. The fourth-order valence-corrected chi connectivity index (χ4v) is 5.38. The molecule has 1 aromatic heterocycles. The van der Waals surface area contributed by atoms with Gasteiger partial charge in [0.25, 0.3) is 0 Å². The zero-order valence-electron chi connectivity index (χ0n) is 21.6. The second kappa shape index (κ2) is 9.66. The first kappa shape index (κ1) is 26.2. The minimum absolute atomic E-state index is 0.0518. The second-order valence-electron chi connectivity index (χ2n) is 11.9. The van der Waals surface area contributed by atoms with Crippen LogP contribution in [-0.4, -0.2) is 68.9 Å². The van der Waals surface area contributed by atoms with E-state index in [0.29, 0.717) is 17.4 Å². The number of aromatic nitrogens is 1. The van der Waals surface area contributed by atoms with E-state index in [0.717, 1.165) is 38.4 Å². The molecule has 3 rings (SSSR count). The number of hydrogen-bond acceptors (Lipinski definition) is 6. The van der Waals surface area contributed by atoms with Crippen LogP contribution in [0.5, 0.6) is 0 Å². The standard InChI is InChI=1S/C26H40N4O4/c1-24(2,3)34-23(33)30(21-10-8-18(16-27-21)9-11-22(31)32)19-12-13-29(17-19)20-14-25(4,5)28-26(6,7)15-20/h8-11,16,19-20,28H,12-15,17H2,1-7H3,(H,31,32)/t19-/m1/s1. The molecule has 2 N–H and O–H groups in total. The quantitative estimate of drug-likeness (QED) is 0.617. The van der Waals surface area contributed by atoms with Crippen molar-refractivity contribution < 1.29 is 19.4 Å². The highest BCUT2D eigenvalue weighted by Crippen LogP contribution is 2.34. The van der Waals surface area contributed by atoms with Crippen molar-refractivity contribution in [1.82, 2.24) is 15.2 Å². The first-order chi connectivity index (χ1) is 15.6. The van der Waals surface area contributed by atoms with Gasteiger partial charge < -0.3 is 15.2 Å². The summed E-state index contributed by atoms with van der Waals surface area (Å²) in [4.78, 5) is 32.8. The molecule has 1 aromatic rings. The highest BCUT2D eigenvalue weighted by atomic mass is 16.6. The molecule has 2 aliphatic heterocycles. The number of nitrogens with zero attached hydrogens (tertiary/aromatic N) is 3. The Balaban J connectivity index is 1.82. The SMILES string of the molecule is CC1(C)CC(N2CC[C@@H](N(C(=O)OC(C)(C)C)c3ccc(C=CC(=O)O)cn3)C2)CC(C)(C)N1. The molecule has 0 unspecified atom stereocenters. The predicted octanol–water partition coefficient (Wildman–Crippen LogP) is 4.30. The first-order valence-corrected chi connectivity index (χ1v) is 12.1. The summed E-state index contributed by atoms with van der Waals surface area (Å²) in [5, 5.41) is 12.6. The van der Waals surface area contributed by atoms with E-state index in [1.807, 2.05) is 20.8 Å². The number of carbonyl (C=O) groups excluding carboxylic acids is 1. The van der Waals surface area contributed by atoms with Crippen LogP contribution in [0.2, 0.25) is 0 Å². The molecule has 34 heavy (non-hydrogen) atoms. The lowest BCUT2D eigenvalue weighted by atomic mass is 9.79. The highest BCUT2D eigenvalue weighted by molar-refractivity contribution is 5.88. The van der Waals surface area contributed by atoms with E-state index in [1.54, 1.807) is 23.2 Å². The maximum absolute atomic E-state index is 13.3. The third kappa shape index (κ3) is 7.03. The number of carboxylic acid groups (broad SMARTS) is 1. The smallest absolute Gasteiger partial charge is 0.416 e. The minimum Gasteiger partial charge on any atom is -0.478 e. The lowest BCUT2D eigenvalue weighted by Gasteiger charge is -2.49. The number of anilines is 1. The third-order valence-electron chi connectivity index (χ3n) is 6.27. The second-order valence-corrected chi connectivity index (χ2v) is 11.9. The summed E-state index contributed by atoms with van der Waals surface area (Å²) in [5.41, 5.74) is 0.135. The van der Waals surface area contributed by atoms with E-state index >= 15 is 0 Å². The number of nitrogens with one attached hydrogen (secondary N) is 1. The van der Waals surface area contributed by atoms with Gasteiger partial charge >= 0.3 is 12.1 Å². The number of rotatable bonds is 5. The molecule has 3 heterocycles. The van der Waals surface area contributed by atoms with Crippen LogP contribution in [0.1, 0.15) is 73.3 Å². The number of carboxylic acids is 1. The van der Waals surface area contributed by atoms with Crippen molar-refractivity contribution in [3.63, 3.8) is 0 Å². The van der Waals surface area contributed by atoms with Crippen LogP contribution in [0, 0.1) is 0 Å². The first-order valence-electron chi connectivity index (χ1n) is 12.1. The number of aliphatic carboxylic acids is 1. The summed E-state index contributed by atoms with van der Waals surface area (Å²) < 4.78 is 5.75. The van der Waals surface area contributed by atoms with Crippen molar-refractivity contribution in [3.05, 3.63) is 30.0 Å². The van der Waals surface area contributed by atoms with Crippen molar-refractivity contribution in [2.75, 3.05) is 18.0 Å². The van der Waals surface area contributed by atoms with E-state index in [-0.39, 0.29) is 17.1 Å². The lowest BCUT2D eigenvalue weighted by Crippen LogP contribution is -2.62. The fourth-order valence-electron chi connectivity index (χ4n) is 5.38. The summed E-state index contributed by atoms with van der Waals surface area (Å²) in [5.74, 6) is -0.505. The Bertz CT molecular complexity index is 902. The Morgan fingerprint density at radius 1 is 1.21 bits per heavy atom. The van der Waals surface area contributed by atoms with Crippen LogP contribution in [0.25, 0.3) is 6.08 Å². The molecule has 0 saturated carbocycles. The van der Waals surface area contributed by atoms with Gasteiger partial charge in [0.2, 0.25) is 0 Å². The molecule has 1 amide bonds. The number of ether oxygens (including phenoxy) is 1. The maximum Gasteiger partial charge on any atom is 0.416 e. The topological polar surface area (TPSA) is 95.0 Å². The molecule has 8 heteroatoms. The van der Waals surface area contributed by atoms with E-state index in [9.17, 15) is 9.59 Å². The molecule has 2 aliphatic rings. The van der Waals surface area contributed by atoms with Crippen LogP contribution in [0.15, 0.2) is 24.4 Å². The van der Waals surface area contributed by atoms with Gasteiger partial charge in [0.1, 0.15) is 11.4 Å². The molecule has 2 saturated heterocycles. The Morgan fingerprint density at radius 3 is 2.38 bits per heavy atom. The van der Waals surface area contributed by atoms with Crippen molar-refractivity contribution >= 4 is 24.0 Å². The van der Waals surface area contributed by atoms with Crippen molar-refractivity contribution in [1.29, 1.82) is 0 Å². The van der Waals surface area contributed by atoms with Gasteiger partial charge in [-0.25, -0.2) is 14.6 Å². The number of carbonyl (C=O) groups is 2. The van der Waals surface area contributed by atoms with Gasteiger partial charge in [0.15, 0.2) is 0 Å². The van der Waals surface area contributed by atoms with Gasteiger partial charge in [-0.3, -0.25) is 9.80 Å². The van der Waals surface area contributed by atoms with Gasteiger partial charge in [-0.2, -0.15) is 0 Å². The average Bonchev–Trinajstić information content (AvgIpc) is 3.13. The Labute approximate surface area is 203 Å². The average molecular weight is 473 g/mol. The number of piperidine rings is 1. The molecule has 2 fully saturated rings. The van der Waals surface area contributed by atoms with Crippen LogP contribution in [-0.2, 0) is 9.53 Å². The zero-order chi connectivity index (χ0) is 25.3. The van der Waals surface area contributed by atoms with Crippen LogP contribution < -0.4 is 10.2 Å². The van der Waals surface area contributed by atoms with Crippen LogP contribution >= 0.6 is 0 Å². The molecule has 0 aromatic carbocycles. The van der Waals surface area contributed by atoms with Crippen molar-refractivity contribution in [2.45, 2.75) is 96.5 Å². The fraction of sp³-hybridized carbons (Fsp3) is 0.654. The highest BCUT2D eigenvalue weighted by Gasteiger charge is 2.43. The summed E-state index contributed by atoms with van der Waals surface area (Å²) in [6.45, 7) is 16.3. The van der Waals surface area contributed by atoms with Gasteiger partial charge in [-0.05, 0) is 91.5 Å². The summed E-state index contributed by atoms with van der Waals surface area (Å²) in [6, 6.07) is 3.91. The zero-order valence-corrected chi connectivity index (χ0v) is 21.6. The van der Waals surface area contributed by atoms with Gasteiger partial charge in [0, 0.05) is 42.5 Å². The number of amides is 1. The minimum atomic E-state index is -1.02. The van der Waals surface area contributed by atoms with Crippen molar-refractivity contribution in [3.8, 4) is 0 Å². The number of hydrogen-bond donors (Lipinski definition) is 2. The Morgan fingerprint density at radius 2 is 1.85 bits per heavy atom. The van der Waals surface area contributed by atoms with Gasteiger partial charge in [-0.15, -0.1) is 0 Å². The van der Waals surface area contributed by atoms with E-state index in [2.05, 4.69) is 42.9 Å². The molecule has 0 spiro atoms. The predicted molar refractivity (Wildman–Crippen MR) is 134 cm³/mol. The van der Waals surface area contributed by atoms with Gasteiger partial charge in [-0.1, -0.05) is 0 Å². The van der Waals surface area contributed by atoms with Gasteiger partial charge in [0.05, 0.1) is 6.04 Å². The Kier molecular flexibility index (Phi) is 7.43. The normalized spacial score (nSPS) is 23.2. The largest absolute Gasteiger partial charge is 0.478 e. The van der Waals surface area contributed by atoms with E-state index in [4.69, 9.17) is 9.84 Å². The number of likely N-dealkylation sites (tertiary alicyclic amines) is 1. The third-order valence-corrected chi connectivity index (χ3v) is 6.27. The molecule has 1 atom stereocenters. The van der Waals surface area contributed by atoms with Crippen molar-refractivity contribution in [2.24, 2.45) is 0 Å². The van der Waals surface area contributed by atoms with Crippen LogP contribution in [0.3, 0.4) is 0 Å². The molecule has 0 radical (unpaired) electrons. The molecule has 0 aliphatic carbocycles. The number of pyridine rings is 1. The summed E-state index contributed by atoms with van der Waals surface area (Å²) >= 11 is 0. The molecular weight excluding hydrogens is 432 g/mol. The molecular formula is C26H40N4O4. The van der Waals surface area contributed by atoms with E-state index in [1.165, 1.54) is 6.08 Å². The summed E-state index contributed by atoms with van der Waals surface area (Å²) in [6.07, 6.45) is 6.67.